The van der Waals surface area contributed by atoms with Crippen LogP contribution in [-0.4, -0.2) is 17.5 Å². The second kappa shape index (κ2) is 6.83. The van der Waals surface area contributed by atoms with Crippen molar-refractivity contribution in [3.8, 4) is 0 Å². The van der Waals surface area contributed by atoms with Gasteiger partial charge in [0.2, 0.25) is 0 Å². The van der Waals surface area contributed by atoms with Gasteiger partial charge in [0.25, 0.3) is 0 Å². The molecule has 1 unspecified atom stereocenters. The molecule has 0 spiro atoms. The lowest BCUT2D eigenvalue weighted by Crippen LogP contribution is -2.21. The highest BCUT2D eigenvalue weighted by Crippen LogP contribution is 2.20. The highest BCUT2D eigenvalue weighted by molar-refractivity contribution is 9.09. The Morgan fingerprint density at radius 1 is 1.31 bits per heavy atom. The molecule has 0 aromatic heterocycles. The number of ether oxygens (including phenoxy) is 1. The van der Waals surface area contributed by atoms with Crippen molar-refractivity contribution in [2.45, 2.75) is 63.3 Å². The summed E-state index contributed by atoms with van der Waals surface area (Å²) in [5.74, 6) is 0. The smallest absolute Gasteiger partial charge is 0.0622 e. The van der Waals surface area contributed by atoms with Gasteiger partial charge in [-0.2, -0.15) is 0 Å². The van der Waals surface area contributed by atoms with Crippen LogP contribution in [0.25, 0.3) is 0 Å². The number of hydrogen-bond donors (Lipinski definition) is 0. The summed E-state index contributed by atoms with van der Waals surface area (Å²) < 4.78 is 5.36. The minimum absolute atomic E-state index is 0.0635. The molecular weight excluding hydrogens is 228 g/mol. The van der Waals surface area contributed by atoms with Crippen molar-refractivity contribution in [2.75, 3.05) is 7.11 Å². The number of rotatable bonds is 7. The van der Waals surface area contributed by atoms with E-state index in [4.69, 9.17) is 4.74 Å². The molecule has 0 aliphatic heterocycles. The topological polar surface area (TPSA) is 9.23 Å². The van der Waals surface area contributed by atoms with E-state index in [1.54, 1.807) is 7.11 Å². The second-order valence-corrected chi connectivity index (χ2v) is 5.51. The largest absolute Gasteiger partial charge is 0.379 e. The summed E-state index contributed by atoms with van der Waals surface area (Å²) in [6.45, 7) is 6.52. The van der Waals surface area contributed by atoms with Crippen LogP contribution < -0.4 is 0 Å². The van der Waals surface area contributed by atoms with E-state index in [1.807, 2.05) is 0 Å². The third kappa shape index (κ3) is 7.51. The molecule has 0 amide bonds. The van der Waals surface area contributed by atoms with Crippen molar-refractivity contribution in [1.29, 1.82) is 0 Å². The molecule has 0 N–H and O–H groups in total. The average Bonchev–Trinajstić information content (AvgIpc) is 2.12. The fraction of sp³-hybridized carbons (Fsp3) is 1.00. The molecule has 0 fully saturated rings. The number of hydrogen-bond acceptors (Lipinski definition) is 1. The fourth-order valence-electron chi connectivity index (χ4n) is 1.22. The van der Waals surface area contributed by atoms with Gasteiger partial charge in [0.15, 0.2) is 0 Å². The van der Waals surface area contributed by atoms with E-state index in [0.717, 1.165) is 6.42 Å². The van der Waals surface area contributed by atoms with Crippen molar-refractivity contribution in [3.05, 3.63) is 0 Å². The number of unbranched alkanes of at least 4 members (excludes halogenated alkanes) is 1. The lowest BCUT2D eigenvalue weighted by Gasteiger charge is -2.22. The van der Waals surface area contributed by atoms with Gasteiger partial charge in [0.05, 0.1) is 5.60 Å². The van der Waals surface area contributed by atoms with Gasteiger partial charge in [-0.05, 0) is 33.1 Å². The van der Waals surface area contributed by atoms with Crippen molar-refractivity contribution in [3.63, 3.8) is 0 Å². The first kappa shape index (κ1) is 13.4. The van der Waals surface area contributed by atoms with Gasteiger partial charge >= 0.3 is 0 Å². The minimum atomic E-state index is 0.0635. The third-order valence-corrected chi connectivity index (χ3v) is 3.65. The van der Waals surface area contributed by atoms with Gasteiger partial charge in [-0.25, -0.2) is 0 Å². The fourth-order valence-corrected chi connectivity index (χ4v) is 1.55. The van der Waals surface area contributed by atoms with Crippen molar-refractivity contribution >= 4 is 15.9 Å². The van der Waals surface area contributed by atoms with Gasteiger partial charge in [-0.1, -0.05) is 35.7 Å². The molecule has 0 aliphatic rings. The van der Waals surface area contributed by atoms with E-state index in [2.05, 4.69) is 36.7 Å². The number of alkyl halides is 1. The Hall–Kier alpha value is 0.440. The Morgan fingerprint density at radius 2 is 1.92 bits per heavy atom. The zero-order valence-corrected chi connectivity index (χ0v) is 11.0. The molecule has 0 aromatic carbocycles. The Kier molecular flexibility index (Phi) is 7.06. The molecule has 0 saturated heterocycles. The molecule has 0 heterocycles. The molecule has 0 aliphatic carbocycles. The van der Waals surface area contributed by atoms with Crippen LogP contribution in [0, 0.1) is 0 Å². The van der Waals surface area contributed by atoms with Gasteiger partial charge < -0.3 is 4.74 Å². The molecule has 2 heteroatoms. The maximum atomic E-state index is 5.36. The van der Waals surface area contributed by atoms with Crippen LogP contribution in [0.3, 0.4) is 0 Å². The van der Waals surface area contributed by atoms with E-state index >= 15 is 0 Å². The zero-order valence-electron chi connectivity index (χ0n) is 9.40. The molecule has 13 heavy (non-hydrogen) atoms. The molecule has 1 nitrogen and oxygen atoms in total. The molecule has 0 saturated carbocycles. The van der Waals surface area contributed by atoms with Crippen molar-refractivity contribution in [1.82, 2.24) is 0 Å². The summed E-state index contributed by atoms with van der Waals surface area (Å²) in [5.41, 5.74) is 0.0635. The molecule has 80 valence electrons. The van der Waals surface area contributed by atoms with Crippen LogP contribution in [0.15, 0.2) is 0 Å². The van der Waals surface area contributed by atoms with E-state index in [9.17, 15) is 0 Å². The van der Waals surface area contributed by atoms with Gasteiger partial charge in [-0.3, -0.25) is 0 Å². The van der Waals surface area contributed by atoms with Crippen molar-refractivity contribution < 1.29 is 4.74 Å². The predicted molar refractivity (Wildman–Crippen MR) is 62.6 cm³/mol. The second-order valence-electron chi connectivity index (χ2n) is 4.22. The van der Waals surface area contributed by atoms with Gasteiger partial charge in [-0.15, -0.1) is 0 Å². The molecule has 0 rings (SSSR count). The maximum absolute atomic E-state index is 5.36. The minimum Gasteiger partial charge on any atom is -0.379 e. The van der Waals surface area contributed by atoms with Crippen LogP contribution in [0.2, 0.25) is 0 Å². The van der Waals surface area contributed by atoms with E-state index in [-0.39, 0.29) is 5.60 Å². The highest BCUT2D eigenvalue weighted by Gasteiger charge is 2.15. The summed E-state index contributed by atoms with van der Waals surface area (Å²) in [6.07, 6.45) is 6.25. The van der Waals surface area contributed by atoms with Crippen LogP contribution in [-0.2, 0) is 4.74 Å². The Labute approximate surface area is 91.4 Å². The molecule has 0 bridgehead atoms. The molecule has 0 aromatic rings. The quantitative estimate of drug-likeness (QED) is 0.488. The first-order valence-electron chi connectivity index (χ1n) is 5.21. The SMILES string of the molecule is CCC(Br)CCCCC(C)(C)OC. The van der Waals surface area contributed by atoms with E-state index < -0.39 is 0 Å². The van der Waals surface area contributed by atoms with E-state index in [1.165, 1.54) is 25.7 Å². The standard InChI is InChI=1S/C11H23BrO/c1-5-10(12)8-6-7-9-11(2,3)13-4/h10H,5-9H2,1-4H3. The normalized spacial score (nSPS) is 14.5. The van der Waals surface area contributed by atoms with Gasteiger partial charge in [0, 0.05) is 11.9 Å². The predicted octanol–water partition coefficient (Wildman–Crippen LogP) is 4.15. The van der Waals surface area contributed by atoms with Crippen LogP contribution in [0.4, 0.5) is 0 Å². The summed E-state index contributed by atoms with van der Waals surface area (Å²) in [4.78, 5) is 0.707. The monoisotopic (exact) mass is 250 g/mol. The van der Waals surface area contributed by atoms with Crippen LogP contribution >= 0.6 is 15.9 Å². The third-order valence-electron chi connectivity index (χ3n) is 2.54. The van der Waals surface area contributed by atoms with E-state index in [0.29, 0.717) is 4.83 Å². The molecular formula is C11H23BrO. The highest BCUT2D eigenvalue weighted by atomic mass is 79.9. The summed E-state index contributed by atoms with van der Waals surface area (Å²) in [7, 11) is 1.79. The first-order valence-corrected chi connectivity index (χ1v) is 6.12. The maximum Gasteiger partial charge on any atom is 0.0622 e. The van der Waals surface area contributed by atoms with Gasteiger partial charge in [0.1, 0.15) is 0 Å². The average molecular weight is 251 g/mol. The lowest BCUT2D eigenvalue weighted by atomic mass is 10.00. The summed E-state index contributed by atoms with van der Waals surface area (Å²) in [6, 6.07) is 0. The molecule has 1 atom stereocenters. The zero-order chi connectivity index (χ0) is 10.3. The number of halogens is 1. The Bertz CT molecular complexity index is 123. The van der Waals surface area contributed by atoms with Crippen LogP contribution in [0.1, 0.15) is 52.9 Å². The lowest BCUT2D eigenvalue weighted by molar-refractivity contribution is 0.0134. The summed E-state index contributed by atoms with van der Waals surface area (Å²) >= 11 is 3.64. The summed E-state index contributed by atoms with van der Waals surface area (Å²) in [5, 5.41) is 0. The molecule has 0 radical (unpaired) electrons. The Morgan fingerprint density at radius 3 is 2.38 bits per heavy atom. The van der Waals surface area contributed by atoms with Crippen molar-refractivity contribution in [2.24, 2.45) is 0 Å². The first-order chi connectivity index (χ1) is 6.02. The van der Waals surface area contributed by atoms with Crippen LogP contribution in [0.5, 0.6) is 0 Å². The number of methoxy groups -OCH3 is 1. The Balaban J connectivity index is 3.35.